The largest absolute Gasteiger partial charge is 0.380 e. The molecule has 2 N–H and O–H groups in total. The van der Waals surface area contributed by atoms with Crippen LogP contribution in [0.25, 0.3) is 10.9 Å². The van der Waals surface area contributed by atoms with Gasteiger partial charge in [0.15, 0.2) is 0 Å². The van der Waals surface area contributed by atoms with Gasteiger partial charge in [0.25, 0.3) is 0 Å². The Labute approximate surface area is 124 Å². The molecule has 0 saturated carbocycles. The summed E-state index contributed by atoms with van der Waals surface area (Å²) in [6, 6.07) is 11.2. The summed E-state index contributed by atoms with van der Waals surface area (Å²) in [7, 11) is 0. The highest BCUT2D eigenvalue weighted by molar-refractivity contribution is 8.00. The molecule has 2 unspecified atom stereocenters. The van der Waals surface area contributed by atoms with Gasteiger partial charge in [-0.2, -0.15) is 0 Å². The molecule has 2 aromatic rings. The first-order valence-corrected chi connectivity index (χ1v) is 8.30. The minimum absolute atomic E-state index is 0.489. The number of hydrogen-bond acceptors (Lipinski definition) is 3. The number of para-hydroxylation sites is 1. The number of aromatic amines is 1. The fraction of sp³-hybridized carbons (Fsp3) is 0.500. The van der Waals surface area contributed by atoms with Gasteiger partial charge in [0.05, 0.1) is 11.6 Å². The Bertz CT molecular complexity index is 521. The second-order valence-corrected chi connectivity index (χ2v) is 6.58. The lowest BCUT2D eigenvalue weighted by Gasteiger charge is -2.31. The fourth-order valence-corrected chi connectivity index (χ4v) is 3.92. The first-order chi connectivity index (χ1) is 9.86. The van der Waals surface area contributed by atoms with Crippen molar-refractivity contribution in [1.82, 2.24) is 10.3 Å². The van der Waals surface area contributed by atoms with Crippen LogP contribution in [0.3, 0.4) is 0 Å². The summed E-state index contributed by atoms with van der Waals surface area (Å²) in [6.07, 6.45) is 2.29. The van der Waals surface area contributed by atoms with Gasteiger partial charge in [-0.25, -0.2) is 0 Å². The molecule has 0 spiro atoms. The second kappa shape index (κ2) is 6.66. The van der Waals surface area contributed by atoms with Crippen molar-refractivity contribution in [3.05, 3.63) is 30.3 Å². The predicted molar refractivity (Wildman–Crippen MR) is 85.5 cm³/mol. The van der Waals surface area contributed by atoms with Crippen LogP contribution in [0.2, 0.25) is 0 Å². The number of hydrogen-bond donors (Lipinski definition) is 2. The molecule has 0 bridgehead atoms. The molecule has 2 heterocycles. The van der Waals surface area contributed by atoms with Crippen LogP contribution in [0, 0.1) is 0 Å². The molecule has 108 valence electrons. The molecule has 1 aromatic heterocycles. The van der Waals surface area contributed by atoms with Gasteiger partial charge in [-0.1, -0.05) is 25.1 Å². The molecule has 3 nitrogen and oxygen atoms in total. The van der Waals surface area contributed by atoms with Gasteiger partial charge in [0.1, 0.15) is 0 Å². The zero-order valence-electron chi connectivity index (χ0n) is 11.9. The number of ether oxygens (including phenoxy) is 1. The van der Waals surface area contributed by atoms with Crippen LogP contribution >= 0.6 is 11.8 Å². The van der Waals surface area contributed by atoms with Gasteiger partial charge in [-0.05, 0) is 31.5 Å². The summed E-state index contributed by atoms with van der Waals surface area (Å²) in [5.74, 6) is 0. The number of aromatic nitrogens is 1. The maximum Gasteiger partial charge on any atom is 0.0736 e. The Morgan fingerprint density at radius 1 is 1.40 bits per heavy atom. The highest BCUT2D eigenvalue weighted by Gasteiger charge is 2.26. The van der Waals surface area contributed by atoms with E-state index in [1.807, 2.05) is 11.8 Å². The van der Waals surface area contributed by atoms with E-state index in [-0.39, 0.29) is 0 Å². The third-order valence-corrected chi connectivity index (χ3v) is 4.99. The average molecular weight is 290 g/mol. The molecule has 4 heteroatoms. The molecule has 1 fully saturated rings. The summed E-state index contributed by atoms with van der Waals surface area (Å²) in [4.78, 5) is 3.50. The topological polar surface area (TPSA) is 37.0 Å². The van der Waals surface area contributed by atoms with Crippen molar-refractivity contribution in [2.45, 2.75) is 36.1 Å². The van der Waals surface area contributed by atoms with E-state index < -0.39 is 0 Å². The van der Waals surface area contributed by atoms with E-state index in [0.717, 1.165) is 26.2 Å². The van der Waals surface area contributed by atoms with Crippen molar-refractivity contribution in [2.75, 3.05) is 19.8 Å². The Kier molecular flexibility index (Phi) is 4.65. The van der Waals surface area contributed by atoms with Crippen molar-refractivity contribution in [1.29, 1.82) is 0 Å². The standard InChI is InChI=1S/C16H22N2OS/c1-2-8-17-14-7-9-19-11-15(14)20-16-10-12-5-3-4-6-13(12)18-16/h3-6,10,14-15,17-18H,2,7-9,11H2,1H3. The summed E-state index contributed by atoms with van der Waals surface area (Å²) >= 11 is 1.91. The van der Waals surface area contributed by atoms with E-state index in [2.05, 4.69) is 47.6 Å². The van der Waals surface area contributed by atoms with Crippen molar-refractivity contribution >= 4 is 22.7 Å². The number of H-pyrrole nitrogens is 1. The van der Waals surface area contributed by atoms with Crippen LogP contribution in [0.5, 0.6) is 0 Å². The van der Waals surface area contributed by atoms with E-state index in [4.69, 9.17) is 4.74 Å². The van der Waals surface area contributed by atoms with Crippen molar-refractivity contribution in [3.8, 4) is 0 Å². The van der Waals surface area contributed by atoms with Crippen molar-refractivity contribution < 1.29 is 4.74 Å². The van der Waals surface area contributed by atoms with Crippen LogP contribution in [0.4, 0.5) is 0 Å². The molecular weight excluding hydrogens is 268 g/mol. The van der Waals surface area contributed by atoms with Crippen LogP contribution < -0.4 is 5.32 Å². The lowest BCUT2D eigenvalue weighted by atomic mass is 10.1. The monoisotopic (exact) mass is 290 g/mol. The van der Waals surface area contributed by atoms with Crippen molar-refractivity contribution in [2.24, 2.45) is 0 Å². The van der Waals surface area contributed by atoms with Gasteiger partial charge < -0.3 is 15.0 Å². The summed E-state index contributed by atoms with van der Waals surface area (Å²) in [5.41, 5.74) is 1.21. The number of nitrogens with one attached hydrogen (secondary N) is 2. The highest BCUT2D eigenvalue weighted by atomic mass is 32.2. The maximum atomic E-state index is 5.66. The summed E-state index contributed by atoms with van der Waals surface area (Å²) in [6.45, 7) is 5.02. The van der Waals surface area contributed by atoms with Crippen LogP contribution in [0.1, 0.15) is 19.8 Å². The third-order valence-electron chi connectivity index (χ3n) is 3.74. The number of rotatable bonds is 5. The molecule has 0 amide bonds. The molecule has 20 heavy (non-hydrogen) atoms. The SMILES string of the molecule is CCCNC1CCOCC1Sc1cc2ccccc2[nH]1. The van der Waals surface area contributed by atoms with Gasteiger partial charge >= 0.3 is 0 Å². The number of thioether (sulfide) groups is 1. The quantitative estimate of drug-likeness (QED) is 0.886. The Morgan fingerprint density at radius 3 is 3.15 bits per heavy atom. The molecule has 2 atom stereocenters. The summed E-state index contributed by atoms with van der Waals surface area (Å²) in [5, 5.41) is 6.67. The summed E-state index contributed by atoms with van der Waals surface area (Å²) < 4.78 is 5.66. The zero-order chi connectivity index (χ0) is 13.8. The second-order valence-electron chi connectivity index (χ2n) is 5.30. The Hall–Kier alpha value is -0.970. The normalized spacial score (nSPS) is 23.2. The first-order valence-electron chi connectivity index (χ1n) is 7.42. The smallest absolute Gasteiger partial charge is 0.0736 e. The molecule has 1 aliphatic rings. The van der Waals surface area contributed by atoms with Crippen LogP contribution in [-0.2, 0) is 4.74 Å². The maximum absolute atomic E-state index is 5.66. The molecule has 1 saturated heterocycles. The highest BCUT2D eigenvalue weighted by Crippen LogP contribution is 2.30. The van der Waals surface area contributed by atoms with E-state index in [9.17, 15) is 0 Å². The lowest BCUT2D eigenvalue weighted by molar-refractivity contribution is 0.0833. The van der Waals surface area contributed by atoms with Crippen LogP contribution in [-0.4, -0.2) is 36.0 Å². The number of fused-ring (bicyclic) bond motifs is 1. The van der Waals surface area contributed by atoms with Crippen LogP contribution in [0.15, 0.2) is 35.4 Å². The van der Waals surface area contributed by atoms with Gasteiger partial charge in [-0.3, -0.25) is 0 Å². The third kappa shape index (κ3) is 3.19. The van der Waals surface area contributed by atoms with Gasteiger partial charge in [0, 0.05) is 28.8 Å². The van der Waals surface area contributed by atoms with Gasteiger partial charge in [0.2, 0.25) is 0 Å². The Morgan fingerprint density at radius 2 is 2.30 bits per heavy atom. The Balaban J connectivity index is 1.70. The average Bonchev–Trinajstić information content (AvgIpc) is 2.88. The van der Waals surface area contributed by atoms with Gasteiger partial charge in [-0.15, -0.1) is 11.8 Å². The van der Waals surface area contributed by atoms with Crippen molar-refractivity contribution in [3.63, 3.8) is 0 Å². The predicted octanol–water partition coefficient (Wildman–Crippen LogP) is 3.42. The first kappa shape index (κ1) is 14.0. The number of benzene rings is 1. The van der Waals surface area contributed by atoms with E-state index in [0.29, 0.717) is 11.3 Å². The fourth-order valence-electron chi connectivity index (χ4n) is 2.66. The zero-order valence-corrected chi connectivity index (χ0v) is 12.7. The van der Waals surface area contributed by atoms with E-state index in [1.165, 1.54) is 22.3 Å². The van der Waals surface area contributed by atoms with E-state index in [1.54, 1.807) is 0 Å². The molecular formula is C16H22N2OS. The lowest BCUT2D eigenvalue weighted by Crippen LogP contribution is -2.45. The molecule has 0 aliphatic carbocycles. The molecule has 1 aliphatic heterocycles. The minimum Gasteiger partial charge on any atom is -0.380 e. The molecule has 0 radical (unpaired) electrons. The minimum atomic E-state index is 0.489. The molecule has 3 rings (SSSR count). The van der Waals surface area contributed by atoms with E-state index >= 15 is 0 Å². The molecule has 1 aromatic carbocycles.